The Morgan fingerprint density at radius 3 is 1.72 bits per heavy atom. The van der Waals surface area contributed by atoms with E-state index >= 15 is 0 Å². The van der Waals surface area contributed by atoms with Crippen molar-refractivity contribution in [2.75, 3.05) is 0 Å². The van der Waals surface area contributed by atoms with Crippen LogP contribution in [0, 0.1) is 11.3 Å². The van der Waals surface area contributed by atoms with Crippen LogP contribution in [0.25, 0.3) is 0 Å². The van der Waals surface area contributed by atoms with Gasteiger partial charge in [0, 0.05) is 23.0 Å². The molecule has 0 amide bonds. The summed E-state index contributed by atoms with van der Waals surface area (Å²) in [5.74, 6) is -8.03. The topological polar surface area (TPSA) is 191 Å². The molecule has 0 saturated carbocycles. The van der Waals surface area contributed by atoms with Crippen LogP contribution >= 0.6 is 0 Å². The fourth-order valence-electron chi connectivity index (χ4n) is 4.96. The molecule has 0 fully saturated rings. The first-order chi connectivity index (χ1) is 20.5. The average Bonchev–Trinajstić information content (AvgIpc) is 3.53. The van der Waals surface area contributed by atoms with Crippen LogP contribution in [0.3, 0.4) is 0 Å². The highest BCUT2D eigenvalue weighted by atomic mass is 16.5. The van der Waals surface area contributed by atoms with Crippen LogP contribution in [-0.4, -0.2) is 64.7 Å². The maximum Gasteiger partial charge on any atom is 0.348 e. The molecule has 3 atom stereocenters. The minimum absolute atomic E-state index is 0.383. The number of imidazole rings is 1. The molecule has 11 nitrogen and oxygen atoms in total. The van der Waals surface area contributed by atoms with Crippen LogP contribution in [0.1, 0.15) is 56.4 Å². The molecule has 2 heterocycles. The van der Waals surface area contributed by atoms with Gasteiger partial charge in [0.05, 0.1) is 24.0 Å². The Labute approximate surface area is 245 Å². The molecule has 0 spiro atoms. The van der Waals surface area contributed by atoms with Crippen molar-refractivity contribution < 1.29 is 39.6 Å². The lowest BCUT2D eigenvalue weighted by Gasteiger charge is -2.34. The number of fused-ring (bicyclic) bond motifs is 1. The summed E-state index contributed by atoms with van der Waals surface area (Å²) >= 11 is 0. The van der Waals surface area contributed by atoms with Gasteiger partial charge in [-0.15, -0.1) is 0 Å². The highest BCUT2D eigenvalue weighted by molar-refractivity contribution is 6.28. The SMILES string of the molecule is N#Cc1ccc([C@H]2CCCc3cncn32)cc1.O=C(O)C(O)(C(=O)c1ccccc1)C(O)(C(=O)O)C(=O)c1ccccc1. The van der Waals surface area contributed by atoms with Crippen molar-refractivity contribution in [3.8, 4) is 6.07 Å². The number of carboxylic acids is 2. The van der Waals surface area contributed by atoms with Crippen molar-refractivity contribution in [2.24, 2.45) is 0 Å². The molecular weight excluding hydrogens is 554 g/mol. The summed E-state index contributed by atoms with van der Waals surface area (Å²) in [6, 6.07) is 23.2. The lowest BCUT2D eigenvalue weighted by Crippen LogP contribution is -2.71. The zero-order chi connectivity index (χ0) is 31.2. The average molecular weight is 582 g/mol. The van der Waals surface area contributed by atoms with Gasteiger partial charge < -0.3 is 25.0 Å². The van der Waals surface area contributed by atoms with Crippen LogP contribution in [0.15, 0.2) is 97.5 Å². The summed E-state index contributed by atoms with van der Waals surface area (Å²) in [6.45, 7) is 0. The van der Waals surface area contributed by atoms with Crippen LogP contribution in [-0.2, 0) is 16.0 Å². The van der Waals surface area contributed by atoms with Crippen molar-refractivity contribution in [3.05, 3.63) is 125 Å². The van der Waals surface area contributed by atoms with Gasteiger partial charge in [-0.05, 0) is 37.0 Å². The summed E-state index contributed by atoms with van der Waals surface area (Å²) < 4.78 is 2.25. The van der Waals surface area contributed by atoms with Gasteiger partial charge in [-0.3, -0.25) is 9.59 Å². The number of nitriles is 1. The number of ketones is 2. The minimum atomic E-state index is -3.95. The summed E-state index contributed by atoms with van der Waals surface area (Å²) in [4.78, 5) is 52.8. The monoisotopic (exact) mass is 581 g/mol. The molecule has 1 aromatic heterocycles. The van der Waals surface area contributed by atoms with E-state index in [4.69, 9.17) is 5.26 Å². The molecule has 218 valence electrons. The van der Waals surface area contributed by atoms with Gasteiger partial charge >= 0.3 is 11.9 Å². The third-order valence-corrected chi connectivity index (χ3v) is 7.29. The van der Waals surface area contributed by atoms with Crippen LogP contribution in [0.2, 0.25) is 0 Å². The van der Waals surface area contributed by atoms with Gasteiger partial charge in [0.25, 0.3) is 11.2 Å². The maximum absolute atomic E-state index is 12.6. The van der Waals surface area contributed by atoms with Crippen molar-refractivity contribution in [1.29, 1.82) is 5.26 Å². The number of aryl methyl sites for hydroxylation is 1. The van der Waals surface area contributed by atoms with Crippen LogP contribution in [0.4, 0.5) is 0 Å². The summed E-state index contributed by atoms with van der Waals surface area (Å²) in [6.07, 6.45) is 7.34. The molecule has 2 unspecified atom stereocenters. The Balaban J connectivity index is 0.000000213. The molecule has 5 rings (SSSR count). The van der Waals surface area contributed by atoms with Gasteiger partial charge in [0.2, 0.25) is 11.6 Å². The minimum Gasteiger partial charge on any atom is -0.479 e. The molecule has 4 N–H and O–H groups in total. The molecule has 11 heteroatoms. The Bertz CT molecular complexity index is 1610. The number of aliphatic carboxylic acids is 2. The fraction of sp³-hybridized carbons (Fsp3) is 0.188. The van der Waals surface area contributed by atoms with E-state index in [2.05, 4.69) is 27.8 Å². The molecule has 1 aliphatic rings. The molecule has 0 saturated heterocycles. The Kier molecular flexibility index (Phi) is 8.95. The number of carboxylic acid groups (broad SMARTS) is 2. The van der Waals surface area contributed by atoms with Crippen molar-refractivity contribution in [1.82, 2.24) is 9.55 Å². The normalized spacial score (nSPS) is 16.5. The van der Waals surface area contributed by atoms with Crippen molar-refractivity contribution in [2.45, 2.75) is 36.5 Å². The smallest absolute Gasteiger partial charge is 0.348 e. The first kappa shape index (κ1) is 30.5. The summed E-state index contributed by atoms with van der Waals surface area (Å²) in [7, 11) is 0. The second-order valence-electron chi connectivity index (χ2n) is 9.86. The fourth-order valence-corrected chi connectivity index (χ4v) is 4.96. The van der Waals surface area contributed by atoms with Crippen molar-refractivity contribution >= 4 is 23.5 Å². The van der Waals surface area contributed by atoms with E-state index in [1.165, 1.54) is 54.1 Å². The lowest BCUT2D eigenvalue weighted by atomic mass is 9.73. The largest absolute Gasteiger partial charge is 0.479 e. The van der Waals surface area contributed by atoms with Gasteiger partial charge in [-0.25, -0.2) is 14.6 Å². The highest BCUT2D eigenvalue weighted by Crippen LogP contribution is 2.32. The second kappa shape index (κ2) is 12.6. The number of Topliss-reactive ketones (excluding diaryl/α,β-unsaturated/α-hetero) is 2. The molecular formula is C32H27N3O8. The number of hydrogen-bond donors (Lipinski definition) is 4. The Hall–Kier alpha value is -5.44. The molecule has 43 heavy (non-hydrogen) atoms. The number of aromatic nitrogens is 2. The third kappa shape index (κ3) is 5.70. The number of aliphatic hydroxyl groups is 2. The van der Waals surface area contributed by atoms with E-state index < -0.39 is 45.8 Å². The van der Waals surface area contributed by atoms with Gasteiger partial charge in [-0.1, -0.05) is 72.8 Å². The van der Waals surface area contributed by atoms with E-state index in [0.717, 1.165) is 42.7 Å². The summed E-state index contributed by atoms with van der Waals surface area (Å²) in [5, 5.41) is 48.7. The quantitative estimate of drug-likeness (QED) is 0.178. The Morgan fingerprint density at radius 2 is 1.28 bits per heavy atom. The predicted octanol–water partition coefficient (Wildman–Crippen LogP) is 3.06. The Morgan fingerprint density at radius 1 is 0.791 bits per heavy atom. The van der Waals surface area contributed by atoms with Gasteiger partial charge in [0.15, 0.2) is 0 Å². The highest BCUT2D eigenvalue weighted by Gasteiger charge is 2.69. The number of carbonyl (C=O) groups excluding carboxylic acids is 2. The lowest BCUT2D eigenvalue weighted by molar-refractivity contribution is -0.187. The van der Waals surface area contributed by atoms with E-state index in [9.17, 15) is 39.6 Å². The molecule has 3 aromatic carbocycles. The van der Waals surface area contributed by atoms with E-state index in [-0.39, 0.29) is 0 Å². The predicted molar refractivity (Wildman–Crippen MR) is 151 cm³/mol. The first-order valence-electron chi connectivity index (χ1n) is 13.2. The first-order valence-corrected chi connectivity index (χ1v) is 13.2. The van der Waals surface area contributed by atoms with E-state index in [0.29, 0.717) is 6.04 Å². The zero-order valence-electron chi connectivity index (χ0n) is 22.7. The van der Waals surface area contributed by atoms with Crippen LogP contribution in [0.5, 0.6) is 0 Å². The van der Waals surface area contributed by atoms with Gasteiger partial charge in [0.1, 0.15) is 0 Å². The number of benzene rings is 3. The molecule has 0 radical (unpaired) electrons. The summed E-state index contributed by atoms with van der Waals surface area (Å²) in [5.41, 5.74) is -5.39. The molecule has 1 aliphatic heterocycles. The molecule has 0 aliphatic carbocycles. The second-order valence-corrected chi connectivity index (χ2v) is 9.86. The van der Waals surface area contributed by atoms with Gasteiger partial charge in [-0.2, -0.15) is 5.26 Å². The van der Waals surface area contributed by atoms with Crippen LogP contribution < -0.4 is 0 Å². The third-order valence-electron chi connectivity index (χ3n) is 7.29. The zero-order valence-corrected chi connectivity index (χ0v) is 22.7. The number of rotatable bonds is 8. The molecule has 0 bridgehead atoms. The van der Waals surface area contributed by atoms with E-state index in [1.54, 1.807) is 0 Å². The van der Waals surface area contributed by atoms with E-state index in [1.807, 2.05) is 24.7 Å². The van der Waals surface area contributed by atoms with Crippen molar-refractivity contribution in [3.63, 3.8) is 0 Å². The standard InChI is InChI=1S/C18H14O8.C14H13N3/c19-13(11-7-3-1-4-8-11)17(25,15(21)22)18(26,16(23)24)14(20)12-9-5-2-6-10-12;15-8-11-4-6-12(7-5-11)14-3-1-2-13-9-16-10-17(13)14/h1-10,25-26H,(H,21,22)(H,23,24);4-7,9-10,14H,1-3H2/t;14-/m.1/s1. The molecule has 4 aromatic rings. The number of nitrogens with zero attached hydrogens (tertiary/aromatic N) is 3. The number of hydrogen-bond acceptors (Lipinski definition) is 8. The number of carbonyl (C=O) groups is 4. The maximum atomic E-state index is 12.6.